The van der Waals surface area contributed by atoms with Crippen molar-refractivity contribution < 1.29 is 32.2 Å². The van der Waals surface area contributed by atoms with Crippen LogP contribution >= 0.6 is 0 Å². The molecule has 1 aromatic heterocycles. The topological polar surface area (TPSA) is 69.6 Å². The van der Waals surface area contributed by atoms with Crippen molar-refractivity contribution in [1.29, 1.82) is 0 Å². The van der Waals surface area contributed by atoms with E-state index in [0.29, 0.717) is 5.75 Å². The first-order valence-electron chi connectivity index (χ1n) is 8.41. The lowest BCUT2D eigenvalue weighted by molar-refractivity contribution is -0.141. The van der Waals surface area contributed by atoms with Gasteiger partial charge in [-0.2, -0.15) is 13.2 Å². The third-order valence-corrected chi connectivity index (χ3v) is 4.09. The minimum absolute atomic E-state index is 0.00217. The molecule has 152 valence electrons. The molecule has 1 amide bonds. The summed E-state index contributed by atoms with van der Waals surface area (Å²) in [5, 5.41) is 2.59. The zero-order valence-corrected chi connectivity index (χ0v) is 15.7. The first-order valence-corrected chi connectivity index (χ1v) is 8.41. The Labute approximate surface area is 160 Å². The van der Waals surface area contributed by atoms with Crippen LogP contribution in [0.5, 0.6) is 5.75 Å². The van der Waals surface area contributed by atoms with Gasteiger partial charge in [-0.1, -0.05) is 12.1 Å². The van der Waals surface area contributed by atoms with Crippen LogP contribution in [0.3, 0.4) is 0 Å². The molecule has 6 nitrogen and oxygen atoms in total. The molecule has 2 aromatic rings. The first kappa shape index (κ1) is 21.3. The smallest absolute Gasteiger partial charge is 0.406 e. The molecule has 0 aliphatic rings. The molecule has 0 saturated heterocycles. The molecule has 1 heterocycles. The van der Waals surface area contributed by atoms with Gasteiger partial charge >= 0.3 is 12.1 Å². The van der Waals surface area contributed by atoms with Crippen LogP contribution in [0.4, 0.5) is 13.2 Å². The van der Waals surface area contributed by atoms with Crippen LogP contribution < -0.4 is 10.1 Å². The van der Waals surface area contributed by atoms with Crippen LogP contribution in [0.2, 0.25) is 0 Å². The van der Waals surface area contributed by atoms with E-state index in [1.807, 2.05) is 0 Å². The van der Waals surface area contributed by atoms with Gasteiger partial charge in [0.2, 0.25) is 0 Å². The summed E-state index contributed by atoms with van der Waals surface area (Å²) in [6.07, 6.45) is -4.41. The van der Waals surface area contributed by atoms with Crippen molar-refractivity contribution in [2.45, 2.75) is 33.1 Å². The normalized spacial score (nSPS) is 11.2. The highest BCUT2D eigenvalue weighted by Crippen LogP contribution is 2.23. The molecule has 0 radical (unpaired) electrons. The molecule has 0 bridgehead atoms. The van der Waals surface area contributed by atoms with Crippen molar-refractivity contribution in [3.63, 3.8) is 0 Å². The van der Waals surface area contributed by atoms with E-state index < -0.39 is 31.2 Å². The monoisotopic (exact) mass is 398 g/mol. The van der Waals surface area contributed by atoms with Gasteiger partial charge in [0.1, 0.15) is 12.3 Å². The predicted octanol–water partition coefficient (Wildman–Crippen LogP) is 3.15. The minimum atomic E-state index is -4.41. The number of amides is 1. The summed E-state index contributed by atoms with van der Waals surface area (Å²) in [6.45, 7) is 1.35. The number of halogens is 3. The third kappa shape index (κ3) is 5.77. The van der Waals surface area contributed by atoms with Gasteiger partial charge in [0.05, 0.1) is 12.7 Å². The maximum Gasteiger partial charge on any atom is 0.406 e. The van der Waals surface area contributed by atoms with Crippen molar-refractivity contribution >= 4 is 11.9 Å². The maximum absolute atomic E-state index is 12.6. The fraction of sp³-hybridized carbons (Fsp3) is 0.368. The lowest BCUT2D eigenvalue weighted by atomic mass is 10.2. The highest BCUT2D eigenvalue weighted by molar-refractivity contribution is 5.92. The molecule has 0 atom stereocenters. The molecule has 9 heteroatoms. The Morgan fingerprint density at radius 1 is 1.18 bits per heavy atom. The Bertz CT molecular complexity index is 859. The standard InChI is InChI=1S/C19H21F3N2O4/c1-12-7-16(13(2)24(12)11-19(20,21)22)18(26)28-10-17(25)23-9-14-5-4-6-15(8-14)27-3/h4-8H,9-11H2,1-3H3,(H,23,25). The number of carbonyl (C=O) groups is 2. The third-order valence-electron chi connectivity index (χ3n) is 4.09. The molecule has 1 aromatic carbocycles. The number of hydrogen-bond acceptors (Lipinski definition) is 4. The summed E-state index contributed by atoms with van der Waals surface area (Å²) in [5.74, 6) is -0.731. The molecular formula is C19H21F3N2O4. The van der Waals surface area contributed by atoms with Gasteiger partial charge in [-0.25, -0.2) is 4.79 Å². The number of alkyl halides is 3. The van der Waals surface area contributed by atoms with Crippen LogP contribution in [0, 0.1) is 13.8 Å². The zero-order valence-electron chi connectivity index (χ0n) is 15.7. The Kier molecular flexibility index (Phi) is 6.71. The van der Waals surface area contributed by atoms with Crippen LogP contribution in [0.25, 0.3) is 0 Å². The molecule has 0 spiro atoms. The van der Waals surface area contributed by atoms with Crippen LogP contribution in [-0.4, -0.2) is 36.3 Å². The van der Waals surface area contributed by atoms with Gasteiger partial charge in [0, 0.05) is 17.9 Å². The second-order valence-corrected chi connectivity index (χ2v) is 6.19. The number of nitrogens with zero attached hydrogens (tertiary/aromatic N) is 1. The number of rotatable bonds is 7. The summed E-state index contributed by atoms with van der Waals surface area (Å²) < 4.78 is 48.9. The average molecular weight is 398 g/mol. The summed E-state index contributed by atoms with van der Waals surface area (Å²) in [5.41, 5.74) is 1.22. The summed E-state index contributed by atoms with van der Waals surface area (Å²) >= 11 is 0. The van der Waals surface area contributed by atoms with E-state index in [9.17, 15) is 22.8 Å². The van der Waals surface area contributed by atoms with Crippen molar-refractivity contribution in [2.75, 3.05) is 13.7 Å². The average Bonchev–Trinajstić information content (AvgIpc) is 2.91. The molecule has 0 aliphatic heterocycles. The van der Waals surface area contributed by atoms with Crippen LogP contribution in [0.15, 0.2) is 30.3 Å². The Morgan fingerprint density at radius 3 is 2.54 bits per heavy atom. The lowest BCUT2D eigenvalue weighted by Crippen LogP contribution is -2.28. The predicted molar refractivity (Wildman–Crippen MR) is 95.1 cm³/mol. The fourth-order valence-electron chi connectivity index (χ4n) is 2.67. The highest BCUT2D eigenvalue weighted by Gasteiger charge is 2.30. The maximum atomic E-state index is 12.6. The van der Waals surface area contributed by atoms with Gasteiger partial charge in [-0.15, -0.1) is 0 Å². The zero-order chi connectivity index (χ0) is 20.9. The number of hydrogen-bond donors (Lipinski definition) is 1. The van der Waals surface area contributed by atoms with Crippen molar-refractivity contribution in [2.24, 2.45) is 0 Å². The fourth-order valence-corrected chi connectivity index (χ4v) is 2.67. The summed E-state index contributed by atoms with van der Waals surface area (Å²) in [7, 11) is 1.53. The molecule has 2 rings (SSSR count). The SMILES string of the molecule is COc1cccc(CNC(=O)COC(=O)c2cc(C)n(CC(F)(F)F)c2C)c1. The van der Waals surface area contributed by atoms with E-state index in [2.05, 4.69) is 5.32 Å². The quantitative estimate of drug-likeness (QED) is 0.728. The minimum Gasteiger partial charge on any atom is -0.497 e. The molecular weight excluding hydrogens is 377 g/mol. The second-order valence-electron chi connectivity index (χ2n) is 6.19. The van der Waals surface area contributed by atoms with Crippen molar-refractivity contribution in [3.8, 4) is 5.75 Å². The van der Waals surface area contributed by atoms with Gasteiger partial charge in [-0.05, 0) is 37.6 Å². The first-order chi connectivity index (χ1) is 13.1. The van der Waals surface area contributed by atoms with E-state index in [4.69, 9.17) is 9.47 Å². The Hall–Kier alpha value is -2.97. The number of nitrogens with one attached hydrogen (secondary N) is 1. The van der Waals surface area contributed by atoms with E-state index in [1.165, 1.54) is 27.0 Å². The molecule has 0 saturated carbocycles. The number of benzene rings is 1. The van der Waals surface area contributed by atoms with Crippen LogP contribution in [0.1, 0.15) is 27.3 Å². The van der Waals surface area contributed by atoms with E-state index in [1.54, 1.807) is 24.3 Å². The summed E-state index contributed by atoms with van der Waals surface area (Å²) in [6, 6.07) is 8.41. The Morgan fingerprint density at radius 2 is 1.89 bits per heavy atom. The number of ether oxygens (including phenoxy) is 2. The van der Waals surface area contributed by atoms with Gasteiger partial charge in [0.15, 0.2) is 6.61 Å². The van der Waals surface area contributed by atoms with E-state index >= 15 is 0 Å². The summed E-state index contributed by atoms with van der Waals surface area (Å²) in [4.78, 5) is 24.0. The highest BCUT2D eigenvalue weighted by atomic mass is 19.4. The Balaban J connectivity index is 1.91. The number of methoxy groups -OCH3 is 1. The van der Waals surface area contributed by atoms with Crippen molar-refractivity contribution in [1.82, 2.24) is 9.88 Å². The number of carbonyl (C=O) groups excluding carboxylic acids is 2. The largest absolute Gasteiger partial charge is 0.497 e. The molecule has 1 N–H and O–H groups in total. The molecule has 0 fully saturated rings. The number of esters is 1. The second kappa shape index (κ2) is 8.81. The van der Waals surface area contributed by atoms with Gasteiger partial charge in [0.25, 0.3) is 5.91 Å². The van der Waals surface area contributed by atoms with E-state index in [0.717, 1.165) is 10.1 Å². The van der Waals surface area contributed by atoms with Crippen molar-refractivity contribution in [3.05, 3.63) is 52.8 Å². The molecule has 28 heavy (non-hydrogen) atoms. The van der Waals surface area contributed by atoms with Crippen LogP contribution in [-0.2, 0) is 22.6 Å². The number of aromatic nitrogens is 1. The van der Waals surface area contributed by atoms with Gasteiger partial charge < -0.3 is 19.4 Å². The van der Waals surface area contributed by atoms with Gasteiger partial charge in [-0.3, -0.25) is 4.79 Å². The number of aryl methyl sites for hydroxylation is 1. The molecule has 0 unspecified atom stereocenters. The lowest BCUT2D eigenvalue weighted by Gasteiger charge is -2.12. The molecule has 0 aliphatic carbocycles. The van der Waals surface area contributed by atoms with E-state index in [-0.39, 0.29) is 23.5 Å².